The largest absolute Gasteiger partial charge is 0.381 e. The van der Waals surface area contributed by atoms with Crippen LogP contribution in [-0.2, 0) is 0 Å². The van der Waals surface area contributed by atoms with Crippen molar-refractivity contribution in [1.29, 1.82) is 0 Å². The molecule has 1 amide bonds. The van der Waals surface area contributed by atoms with Crippen LogP contribution in [0, 0.1) is 6.92 Å². The van der Waals surface area contributed by atoms with Gasteiger partial charge in [-0.15, -0.1) is 0 Å². The second-order valence-corrected chi connectivity index (χ2v) is 5.09. The molecule has 1 aromatic rings. The first-order valence-electron chi connectivity index (χ1n) is 6.50. The normalized spacial score (nSPS) is 23.7. The van der Waals surface area contributed by atoms with Gasteiger partial charge in [0.05, 0.1) is 0 Å². The van der Waals surface area contributed by atoms with Crippen molar-refractivity contribution >= 4 is 11.6 Å². The topological polar surface area (TPSA) is 81.1 Å². The van der Waals surface area contributed by atoms with Crippen molar-refractivity contribution < 1.29 is 4.79 Å². The van der Waals surface area contributed by atoms with Crippen LogP contribution in [0.2, 0.25) is 0 Å². The summed E-state index contributed by atoms with van der Waals surface area (Å²) in [7, 11) is 0. The van der Waals surface area contributed by atoms with Crippen LogP contribution in [0.25, 0.3) is 0 Å². The number of nitrogens with two attached hydrogens (primary N) is 2. The molecule has 1 aliphatic rings. The zero-order chi connectivity index (χ0) is 13.1. The number of rotatable bonds is 3. The van der Waals surface area contributed by atoms with Crippen LogP contribution in [0.5, 0.6) is 0 Å². The van der Waals surface area contributed by atoms with Crippen LogP contribution in [0.4, 0.5) is 5.69 Å². The van der Waals surface area contributed by atoms with Crippen LogP contribution in [0.15, 0.2) is 18.2 Å². The Balaban J connectivity index is 2.10. The molecule has 1 fully saturated rings. The average molecular weight is 247 g/mol. The highest BCUT2D eigenvalue weighted by molar-refractivity contribution is 5.94. The quantitative estimate of drug-likeness (QED) is 0.761. The minimum Gasteiger partial charge on any atom is -0.381 e. The van der Waals surface area contributed by atoms with Gasteiger partial charge in [0.15, 0.2) is 0 Å². The van der Waals surface area contributed by atoms with Crippen molar-refractivity contribution in [1.82, 2.24) is 0 Å². The Morgan fingerprint density at radius 1 is 1.33 bits per heavy atom. The molecule has 5 N–H and O–H groups in total. The molecule has 1 aliphatic carbocycles. The third-order valence-electron chi connectivity index (χ3n) is 3.66. The van der Waals surface area contributed by atoms with E-state index in [-0.39, 0.29) is 11.9 Å². The zero-order valence-corrected chi connectivity index (χ0v) is 10.8. The van der Waals surface area contributed by atoms with Crippen LogP contribution in [0.1, 0.15) is 41.6 Å². The summed E-state index contributed by atoms with van der Waals surface area (Å²) in [5, 5.41) is 3.46. The van der Waals surface area contributed by atoms with E-state index >= 15 is 0 Å². The van der Waals surface area contributed by atoms with E-state index in [1.807, 2.05) is 19.1 Å². The van der Waals surface area contributed by atoms with E-state index < -0.39 is 0 Å². The maximum atomic E-state index is 11.2. The molecule has 18 heavy (non-hydrogen) atoms. The van der Waals surface area contributed by atoms with Crippen LogP contribution < -0.4 is 16.8 Å². The standard InChI is InChI=1S/C14H21N3O/c1-9-8-10(6-7-11(9)14(16)18)17-13-5-3-2-4-12(13)15/h6-8,12-13,17H,2-5,15H2,1H3,(H2,16,18). The van der Waals surface area contributed by atoms with E-state index in [0.29, 0.717) is 11.6 Å². The predicted octanol–water partition coefficient (Wildman–Crippen LogP) is 1.78. The average Bonchev–Trinajstić information content (AvgIpc) is 2.32. The lowest BCUT2D eigenvalue weighted by Gasteiger charge is -2.30. The molecule has 2 rings (SSSR count). The highest BCUT2D eigenvalue weighted by Crippen LogP contribution is 2.22. The summed E-state index contributed by atoms with van der Waals surface area (Å²) in [6, 6.07) is 6.18. The van der Waals surface area contributed by atoms with E-state index in [4.69, 9.17) is 11.5 Å². The van der Waals surface area contributed by atoms with E-state index in [0.717, 1.165) is 24.1 Å². The second-order valence-electron chi connectivity index (χ2n) is 5.09. The van der Waals surface area contributed by atoms with Crippen molar-refractivity contribution in [3.05, 3.63) is 29.3 Å². The van der Waals surface area contributed by atoms with Gasteiger partial charge in [0.2, 0.25) is 5.91 Å². The predicted molar refractivity (Wildman–Crippen MR) is 73.6 cm³/mol. The smallest absolute Gasteiger partial charge is 0.248 e. The number of anilines is 1. The Labute approximate surface area is 108 Å². The Morgan fingerprint density at radius 3 is 2.67 bits per heavy atom. The van der Waals surface area contributed by atoms with E-state index in [2.05, 4.69) is 5.32 Å². The first-order chi connectivity index (χ1) is 8.58. The Hall–Kier alpha value is -1.55. The van der Waals surface area contributed by atoms with Gasteiger partial charge >= 0.3 is 0 Å². The number of hydrogen-bond donors (Lipinski definition) is 3. The fraction of sp³-hybridized carbons (Fsp3) is 0.500. The maximum absolute atomic E-state index is 11.2. The van der Waals surface area contributed by atoms with Crippen molar-refractivity contribution in [2.45, 2.75) is 44.7 Å². The van der Waals surface area contributed by atoms with Crippen molar-refractivity contribution in [2.75, 3.05) is 5.32 Å². The molecule has 0 radical (unpaired) electrons. The molecule has 0 bridgehead atoms. The highest BCUT2D eigenvalue weighted by atomic mass is 16.1. The molecule has 2 atom stereocenters. The third-order valence-corrected chi connectivity index (χ3v) is 3.66. The van der Waals surface area contributed by atoms with Gasteiger partial charge < -0.3 is 16.8 Å². The number of carbonyl (C=O) groups is 1. The summed E-state index contributed by atoms with van der Waals surface area (Å²) in [4.78, 5) is 11.2. The van der Waals surface area contributed by atoms with Crippen molar-refractivity contribution in [2.24, 2.45) is 11.5 Å². The Kier molecular flexibility index (Phi) is 3.87. The summed E-state index contributed by atoms with van der Waals surface area (Å²) in [5.41, 5.74) is 13.9. The third kappa shape index (κ3) is 2.82. The van der Waals surface area contributed by atoms with Gasteiger partial charge in [-0.3, -0.25) is 4.79 Å². The minimum atomic E-state index is -0.381. The van der Waals surface area contributed by atoms with Crippen molar-refractivity contribution in [3.8, 4) is 0 Å². The number of nitrogens with one attached hydrogen (secondary N) is 1. The van der Waals surface area contributed by atoms with Gasteiger partial charge in [0.1, 0.15) is 0 Å². The van der Waals surface area contributed by atoms with Gasteiger partial charge in [-0.05, 0) is 43.5 Å². The highest BCUT2D eigenvalue weighted by Gasteiger charge is 2.21. The van der Waals surface area contributed by atoms with Crippen LogP contribution in [-0.4, -0.2) is 18.0 Å². The fourth-order valence-electron chi connectivity index (χ4n) is 2.58. The SMILES string of the molecule is Cc1cc(NC2CCCCC2N)ccc1C(N)=O. The lowest BCUT2D eigenvalue weighted by molar-refractivity contribution is 0.1000. The number of hydrogen-bond acceptors (Lipinski definition) is 3. The summed E-state index contributed by atoms with van der Waals surface area (Å²) >= 11 is 0. The molecule has 0 saturated heterocycles. The molecule has 4 nitrogen and oxygen atoms in total. The minimum absolute atomic E-state index is 0.217. The first-order valence-corrected chi connectivity index (χ1v) is 6.50. The van der Waals surface area contributed by atoms with Gasteiger partial charge in [-0.2, -0.15) is 0 Å². The van der Waals surface area contributed by atoms with E-state index in [1.165, 1.54) is 12.8 Å². The Bertz CT molecular complexity index is 445. The van der Waals surface area contributed by atoms with E-state index in [9.17, 15) is 4.79 Å². The molecule has 1 saturated carbocycles. The summed E-state index contributed by atoms with van der Waals surface area (Å²) in [6.07, 6.45) is 4.64. The Morgan fingerprint density at radius 2 is 2.06 bits per heavy atom. The molecule has 1 aromatic carbocycles. The molecule has 4 heteroatoms. The molecule has 98 valence electrons. The second kappa shape index (κ2) is 5.40. The first kappa shape index (κ1) is 12.9. The molecular weight excluding hydrogens is 226 g/mol. The molecule has 0 aromatic heterocycles. The fourth-order valence-corrected chi connectivity index (χ4v) is 2.58. The number of carbonyl (C=O) groups excluding carboxylic acids is 1. The number of primary amides is 1. The van der Waals surface area contributed by atoms with Crippen LogP contribution >= 0.6 is 0 Å². The molecule has 2 unspecified atom stereocenters. The molecular formula is C14H21N3O. The lowest BCUT2D eigenvalue weighted by Crippen LogP contribution is -2.42. The molecule has 0 aliphatic heterocycles. The van der Waals surface area contributed by atoms with Gasteiger partial charge in [0.25, 0.3) is 0 Å². The van der Waals surface area contributed by atoms with Crippen LogP contribution in [0.3, 0.4) is 0 Å². The summed E-state index contributed by atoms with van der Waals surface area (Å²) in [5.74, 6) is -0.381. The number of benzene rings is 1. The van der Waals surface area contributed by atoms with Gasteiger partial charge in [-0.1, -0.05) is 12.8 Å². The molecule has 0 spiro atoms. The van der Waals surface area contributed by atoms with E-state index in [1.54, 1.807) is 6.07 Å². The lowest BCUT2D eigenvalue weighted by atomic mass is 9.91. The zero-order valence-electron chi connectivity index (χ0n) is 10.8. The number of amides is 1. The summed E-state index contributed by atoms with van der Waals surface area (Å²) < 4.78 is 0. The molecule has 0 heterocycles. The monoisotopic (exact) mass is 247 g/mol. The van der Waals surface area contributed by atoms with Gasteiger partial charge in [-0.25, -0.2) is 0 Å². The maximum Gasteiger partial charge on any atom is 0.248 e. The summed E-state index contributed by atoms with van der Waals surface area (Å²) in [6.45, 7) is 1.89. The van der Waals surface area contributed by atoms with Gasteiger partial charge in [0, 0.05) is 23.3 Å². The van der Waals surface area contributed by atoms with Crippen molar-refractivity contribution in [3.63, 3.8) is 0 Å². The number of aryl methyl sites for hydroxylation is 1.